The van der Waals surface area contributed by atoms with E-state index in [4.69, 9.17) is 4.74 Å². The Balaban J connectivity index is 1.89. The zero-order valence-corrected chi connectivity index (χ0v) is 19.3. The number of nitrogens with zero attached hydrogens (tertiary/aromatic N) is 1. The lowest BCUT2D eigenvalue weighted by Gasteiger charge is -2.18. The fourth-order valence-electron chi connectivity index (χ4n) is 2.83. The summed E-state index contributed by atoms with van der Waals surface area (Å²) in [4.78, 5) is 36.3. The molecule has 0 aliphatic rings. The van der Waals surface area contributed by atoms with E-state index in [-0.39, 0.29) is 16.1 Å². The number of ether oxygens (including phenoxy) is 1. The molecule has 0 aliphatic heterocycles. The van der Waals surface area contributed by atoms with E-state index in [0.29, 0.717) is 13.1 Å². The molecular weight excluding hydrogens is 453 g/mol. The van der Waals surface area contributed by atoms with E-state index in [1.807, 2.05) is 0 Å². The molecule has 2 aromatic rings. The van der Waals surface area contributed by atoms with Crippen molar-refractivity contribution in [1.29, 1.82) is 0 Å². The summed E-state index contributed by atoms with van der Waals surface area (Å²) in [5, 5.41) is 4.65. The molecule has 33 heavy (non-hydrogen) atoms. The third-order valence-electron chi connectivity index (χ3n) is 4.66. The summed E-state index contributed by atoms with van der Waals surface area (Å²) in [6.07, 6.45) is -1.22. The number of halogens is 1. The maximum Gasteiger partial charge on any atom is 0.326 e. The number of benzene rings is 2. The standard InChI is InChI=1S/C22H26FN3O6S/c1-4-26(5-2)33(30,31)17-12-10-16(11-13-17)22(29)24-14-20(27)32-15(3)21(28)25-19-9-7-6-8-18(19)23/h6-13,15H,4-5,14H2,1-3H3,(H,24,29)(H,25,28). The number of hydrogen-bond acceptors (Lipinski definition) is 6. The van der Waals surface area contributed by atoms with Crippen molar-refractivity contribution in [2.24, 2.45) is 0 Å². The quantitative estimate of drug-likeness (QED) is 0.504. The van der Waals surface area contributed by atoms with Gasteiger partial charge >= 0.3 is 5.97 Å². The van der Waals surface area contributed by atoms with Gasteiger partial charge in [0.25, 0.3) is 11.8 Å². The maximum absolute atomic E-state index is 13.6. The van der Waals surface area contributed by atoms with Crippen molar-refractivity contribution >= 4 is 33.5 Å². The van der Waals surface area contributed by atoms with Gasteiger partial charge in [-0.05, 0) is 43.3 Å². The lowest BCUT2D eigenvalue weighted by Crippen LogP contribution is -2.36. The van der Waals surface area contributed by atoms with Crippen molar-refractivity contribution in [2.45, 2.75) is 31.8 Å². The Morgan fingerprint density at radius 2 is 1.64 bits per heavy atom. The predicted octanol–water partition coefficient (Wildman–Crippen LogP) is 2.16. The number of esters is 1. The van der Waals surface area contributed by atoms with Crippen LogP contribution in [0.3, 0.4) is 0 Å². The van der Waals surface area contributed by atoms with Gasteiger partial charge in [0, 0.05) is 18.7 Å². The molecule has 1 unspecified atom stereocenters. The summed E-state index contributed by atoms with van der Waals surface area (Å²) in [7, 11) is -3.65. The highest BCUT2D eigenvalue weighted by Gasteiger charge is 2.22. The average Bonchev–Trinajstić information content (AvgIpc) is 2.79. The summed E-state index contributed by atoms with van der Waals surface area (Å²) in [5.41, 5.74) is 0.0943. The van der Waals surface area contributed by atoms with Crippen LogP contribution in [0, 0.1) is 5.82 Å². The molecule has 0 radical (unpaired) electrons. The predicted molar refractivity (Wildman–Crippen MR) is 119 cm³/mol. The molecule has 1 atom stereocenters. The minimum Gasteiger partial charge on any atom is -0.451 e. The van der Waals surface area contributed by atoms with Crippen LogP contribution in [0.1, 0.15) is 31.1 Å². The van der Waals surface area contributed by atoms with Gasteiger partial charge in [0.15, 0.2) is 6.10 Å². The van der Waals surface area contributed by atoms with Crippen LogP contribution < -0.4 is 10.6 Å². The van der Waals surface area contributed by atoms with E-state index >= 15 is 0 Å². The molecule has 2 rings (SSSR count). The van der Waals surface area contributed by atoms with Gasteiger partial charge in [-0.25, -0.2) is 12.8 Å². The van der Waals surface area contributed by atoms with Crippen molar-refractivity contribution in [3.63, 3.8) is 0 Å². The van der Waals surface area contributed by atoms with Gasteiger partial charge in [-0.2, -0.15) is 4.31 Å². The van der Waals surface area contributed by atoms with Gasteiger partial charge in [-0.15, -0.1) is 0 Å². The molecule has 0 bridgehead atoms. The largest absolute Gasteiger partial charge is 0.451 e. The molecule has 2 aromatic carbocycles. The summed E-state index contributed by atoms with van der Waals surface area (Å²) < 4.78 is 44.8. The minimum atomic E-state index is -3.65. The molecule has 0 aromatic heterocycles. The van der Waals surface area contributed by atoms with Crippen LogP contribution in [0.4, 0.5) is 10.1 Å². The SMILES string of the molecule is CCN(CC)S(=O)(=O)c1ccc(C(=O)NCC(=O)OC(C)C(=O)Nc2ccccc2F)cc1. The molecule has 2 N–H and O–H groups in total. The molecule has 178 valence electrons. The van der Waals surface area contributed by atoms with Crippen molar-refractivity contribution in [3.8, 4) is 0 Å². The molecule has 0 fully saturated rings. The van der Waals surface area contributed by atoms with Gasteiger partial charge in [0.1, 0.15) is 12.4 Å². The molecular formula is C22H26FN3O6S. The highest BCUT2D eigenvalue weighted by Crippen LogP contribution is 2.16. The zero-order chi connectivity index (χ0) is 24.6. The Bertz CT molecular complexity index is 1100. The van der Waals surface area contributed by atoms with Crippen LogP contribution in [0.5, 0.6) is 0 Å². The van der Waals surface area contributed by atoms with Gasteiger partial charge in [0.05, 0.1) is 10.6 Å². The normalized spacial score (nSPS) is 12.2. The molecule has 0 aliphatic carbocycles. The van der Waals surface area contributed by atoms with Gasteiger partial charge < -0.3 is 15.4 Å². The lowest BCUT2D eigenvalue weighted by molar-refractivity contribution is -0.152. The van der Waals surface area contributed by atoms with Crippen LogP contribution >= 0.6 is 0 Å². The fourth-order valence-corrected chi connectivity index (χ4v) is 4.29. The van der Waals surface area contributed by atoms with Gasteiger partial charge in [0.2, 0.25) is 10.0 Å². The number of rotatable bonds is 10. The first-order chi connectivity index (χ1) is 15.6. The third-order valence-corrected chi connectivity index (χ3v) is 6.73. The van der Waals surface area contributed by atoms with Crippen molar-refractivity contribution < 1.29 is 31.9 Å². The van der Waals surface area contributed by atoms with Gasteiger partial charge in [-0.3, -0.25) is 14.4 Å². The summed E-state index contributed by atoms with van der Waals surface area (Å²) in [6, 6.07) is 10.8. The number of nitrogens with one attached hydrogen (secondary N) is 2. The Labute approximate surface area is 192 Å². The number of carbonyl (C=O) groups is 3. The Morgan fingerprint density at radius 1 is 1.03 bits per heavy atom. The summed E-state index contributed by atoms with van der Waals surface area (Å²) >= 11 is 0. The van der Waals surface area contributed by atoms with Crippen LogP contribution in [0.2, 0.25) is 0 Å². The second kappa shape index (κ2) is 11.5. The first-order valence-corrected chi connectivity index (χ1v) is 11.7. The number of para-hydroxylation sites is 1. The zero-order valence-electron chi connectivity index (χ0n) is 18.5. The van der Waals surface area contributed by atoms with E-state index in [1.54, 1.807) is 13.8 Å². The van der Waals surface area contributed by atoms with Crippen molar-refractivity contribution in [3.05, 3.63) is 59.9 Å². The average molecular weight is 480 g/mol. The molecule has 0 heterocycles. The topological polar surface area (TPSA) is 122 Å². The smallest absolute Gasteiger partial charge is 0.326 e. The van der Waals surface area contributed by atoms with Crippen LogP contribution in [0.15, 0.2) is 53.4 Å². The van der Waals surface area contributed by atoms with Crippen LogP contribution in [-0.4, -0.2) is 56.2 Å². The molecule has 9 nitrogen and oxygen atoms in total. The Kier molecular flexibility index (Phi) is 9.06. The molecule has 2 amide bonds. The third kappa shape index (κ3) is 6.83. The van der Waals surface area contributed by atoms with E-state index in [1.165, 1.54) is 59.8 Å². The van der Waals surface area contributed by atoms with Crippen LogP contribution in [-0.2, 0) is 24.3 Å². The molecule has 0 saturated heterocycles. The fraction of sp³-hybridized carbons (Fsp3) is 0.318. The Hall–Kier alpha value is -3.31. The van der Waals surface area contributed by atoms with Crippen molar-refractivity contribution in [2.75, 3.05) is 25.0 Å². The second-order valence-electron chi connectivity index (χ2n) is 6.90. The summed E-state index contributed by atoms with van der Waals surface area (Å²) in [6.45, 7) is 4.89. The van der Waals surface area contributed by atoms with E-state index in [9.17, 15) is 27.2 Å². The Morgan fingerprint density at radius 3 is 2.21 bits per heavy atom. The lowest BCUT2D eigenvalue weighted by atomic mass is 10.2. The van der Waals surface area contributed by atoms with E-state index in [0.717, 1.165) is 0 Å². The molecule has 11 heteroatoms. The maximum atomic E-state index is 13.6. The minimum absolute atomic E-state index is 0.0508. The number of amides is 2. The monoisotopic (exact) mass is 479 g/mol. The first kappa shape index (κ1) is 25.9. The number of sulfonamides is 1. The highest BCUT2D eigenvalue weighted by atomic mass is 32.2. The highest BCUT2D eigenvalue weighted by molar-refractivity contribution is 7.89. The summed E-state index contributed by atoms with van der Waals surface area (Å²) in [5.74, 6) is -2.86. The number of anilines is 1. The molecule has 0 saturated carbocycles. The van der Waals surface area contributed by atoms with E-state index < -0.39 is 46.3 Å². The first-order valence-electron chi connectivity index (χ1n) is 10.2. The van der Waals surface area contributed by atoms with Crippen molar-refractivity contribution in [1.82, 2.24) is 9.62 Å². The van der Waals surface area contributed by atoms with Gasteiger partial charge in [-0.1, -0.05) is 26.0 Å². The number of carbonyl (C=O) groups excluding carboxylic acids is 3. The van der Waals surface area contributed by atoms with E-state index in [2.05, 4.69) is 10.6 Å². The van der Waals surface area contributed by atoms with Crippen LogP contribution in [0.25, 0.3) is 0 Å². The number of hydrogen-bond donors (Lipinski definition) is 2. The second-order valence-corrected chi connectivity index (χ2v) is 8.84. The molecule has 0 spiro atoms.